The third-order valence-electron chi connectivity index (χ3n) is 4.43. The summed E-state index contributed by atoms with van der Waals surface area (Å²) in [4.78, 5) is 20.3. The number of hydrogen-bond donors (Lipinski definition) is 4. The minimum absolute atomic E-state index is 0.241. The number of anilines is 2. The molecule has 11 nitrogen and oxygen atoms in total. The van der Waals surface area contributed by atoms with E-state index in [4.69, 9.17) is 22.1 Å². The molecule has 0 aromatic carbocycles. The maximum Gasteiger partial charge on any atom is 0.224 e. The fourth-order valence-corrected chi connectivity index (χ4v) is 4.07. The quantitative estimate of drug-likeness (QED) is 0.297. The van der Waals surface area contributed by atoms with Gasteiger partial charge in [0.15, 0.2) is 17.7 Å². The second-order valence-corrected chi connectivity index (χ2v) is 7.87. The SMILES string of the molecule is Nc1ncnc2c1ncn2C1OC(CSCCNc2nccc(Cl)n2)C(O)C1O. The summed E-state index contributed by atoms with van der Waals surface area (Å²) in [7, 11) is 0. The molecule has 4 rings (SSSR count). The summed E-state index contributed by atoms with van der Waals surface area (Å²) in [5.41, 5.74) is 6.66. The molecule has 3 aromatic rings. The van der Waals surface area contributed by atoms with Crippen LogP contribution in [0.3, 0.4) is 0 Å². The Balaban J connectivity index is 1.32. The Morgan fingerprint density at radius 3 is 2.93 bits per heavy atom. The molecule has 154 valence electrons. The molecule has 1 aliphatic heterocycles. The summed E-state index contributed by atoms with van der Waals surface area (Å²) >= 11 is 7.38. The average molecular weight is 439 g/mol. The fourth-order valence-electron chi connectivity index (χ4n) is 3.01. The number of aliphatic hydroxyl groups excluding tert-OH is 2. The molecule has 0 amide bonds. The van der Waals surface area contributed by atoms with Gasteiger partial charge in [0.05, 0.1) is 12.4 Å². The number of hydrogen-bond acceptors (Lipinski definition) is 11. The molecule has 4 heterocycles. The van der Waals surface area contributed by atoms with Crippen molar-refractivity contribution in [3.63, 3.8) is 0 Å². The molecule has 0 bridgehead atoms. The van der Waals surface area contributed by atoms with Crippen molar-refractivity contribution >= 4 is 46.3 Å². The standard InChI is InChI=1S/C16H19ClN8O3S/c17-9-1-2-19-16(24-9)20-3-4-29-5-8-11(26)12(27)15(28-8)25-7-23-10-13(18)21-6-22-14(10)25/h1-2,6-8,11-12,15,26-27H,3-5H2,(H2,18,21,22)(H,19,20,24). The molecular formula is C16H19ClN8O3S. The topological polar surface area (TPSA) is 157 Å². The van der Waals surface area contributed by atoms with Crippen molar-refractivity contribution in [3.05, 3.63) is 30.1 Å². The first-order valence-corrected chi connectivity index (χ1v) is 10.3. The Bertz CT molecular complexity index is 992. The third-order valence-corrected chi connectivity index (χ3v) is 5.70. The van der Waals surface area contributed by atoms with Gasteiger partial charge < -0.3 is 26.0 Å². The number of rotatable bonds is 7. The van der Waals surface area contributed by atoms with Crippen molar-refractivity contribution in [3.8, 4) is 0 Å². The van der Waals surface area contributed by atoms with E-state index in [1.54, 1.807) is 28.6 Å². The third kappa shape index (κ3) is 4.21. The van der Waals surface area contributed by atoms with E-state index in [0.717, 1.165) is 5.75 Å². The Labute approximate surface area is 174 Å². The molecule has 4 atom stereocenters. The van der Waals surface area contributed by atoms with Gasteiger partial charge in [-0.3, -0.25) is 4.57 Å². The van der Waals surface area contributed by atoms with Crippen molar-refractivity contribution < 1.29 is 14.9 Å². The van der Waals surface area contributed by atoms with Crippen LogP contribution in [0, 0.1) is 0 Å². The Morgan fingerprint density at radius 2 is 2.10 bits per heavy atom. The minimum Gasteiger partial charge on any atom is -0.387 e. The normalized spacial score (nSPS) is 24.2. The number of halogens is 1. The largest absolute Gasteiger partial charge is 0.387 e. The van der Waals surface area contributed by atoms with Gasteiger partial charge >= 0.3 is 0 Å². The van der Waals surface area contributed by atoms with Crippen molar-refractivity contribution in [2.45, 2.75) is 24.5 Å². The number of nitrogens with zero attached hydrogens (tertiary/aromatic N) is 6. The van der Waals surface area contributed by atoms with Crippen molar-refractivity contribution in [1.29, 1.82) is 0 Å². The molecule has 5 N–H and O–H groups in total. The maximum atomic E-state index is 10.5. The highest BCUT2D eigenvalue weighted by Crippen LogP contribution is 2.33. The molecule has 0 aliphatic carbocycles. The zero-order chi connectivity index (χ0) is 20.4. The van der Waals surface area contributed by atoms with Gasteiger partial charge in [0.1, 0.15) is 29.2 Å². The zero-order valence-electron chi connectivity index (χ0n) is 15.1. The van der Waals surface area contributed by atoms with Crippen molar-refractivity contribution in [2.24, 2.45) is 0 Å². The van der Waals surface area contributed by atoms with Gasteiger partial charge in [-0.15, -0.1) is 0 Å². The first-order chi connectivity index (χ1) is 14.0. The van der Waals surface area contributed by atoms with E-state index < -0.39 is 24.5 Å². The summed E-state index contributed by atoms with van der Waals surface area (Å²) in [5, 5.41) is 24.3. The van der Waals surface area contributed by atoms with Gasteiger partial charge in [-0.25, -0.2) is 24.9 Å². The molecular weight excluding hydrogens is 420 g/mol. The van der Waals surface area contributed by atoms with Gasteiger partial charge in [-0.1, -0.05) is 11.6 Å². The predicted octanol–water partition coefficient (Wildman–Crippen LogP) is 0.316. The first kappa shape index (κ1) is 20.0. The number of aliphatic hydroxyl groups is 2. The first-order valence-electron chi connectivity index (χ1n) is 8.79. The van der Waals surface area contributed by atoms with Crippen LogP contribution >= 0.6 is 23.4 Å². The maximum absolute atomic E-state index is 10.5. The van der Waals surface area contributed by atoms with Crippen LogP contribution in [0.4, 0.5) is 11.8 Å². The zero-order valence-corrected chi connectivity index (χ0v) is 16.7. The molecule has 1 aliphatic rings. The van der Waals surface area contributed by atoms with Crippen LogP contribution in [-0.2, 0) is 4.74 Å². The molecule has 3 aromatic heterocycles. The van der Waals surface area contributed by atoms with Crippen LogP contribution in [-0.4, -0.2) is 76.1 Å². The van der Waals surface area contributed by atoms with Gasteiger partial charge in [0.2, 0.25) is 5.95 Å². The van der Waals surface area contributed by atoms with Crippen LogP contribution in [0.15, 0.2) is 24.9 Å². The molecule has 13 heteroatoms. The summed E-state index contributed by atoms with van der Waals surface area (Å²) in [5.74, 6) is 1.92. The number of nitrogens with two attached hydrogens (primary N) is 1. The summed E-state index contributed by atoms with van der Waals surface area (Å²) in [6, 6.07) is 1.60. The van der Waals surface area contributed by atoms with Crippen LogP contribution in [0.2, 0.25) is 5.15 Å². The molecule has 0 saturated carbocycles. The Kier molecular flexibility index (Phi) is 5.96. The lowest BCUT2D eigenvalue weighted by Crippen LogP contribution is -2.32. The van der Waals surface area contributed by atoms with E-state index in [2.05, 4.69) is 30.2 Å². The summed E-state index contributed by atoms with van der Waals surface area (Å²) in [6.07, 6.45) is 0.860. The second-order valence-electron chi connectivity index (χ2n) is 6.33. The number of ether oxygens (including phenoxy) is 1. The average Bonchev–Trinajstić information content (AvgIpc) is 3.25. The number of fused-ring (bicyclic) bond motifs is 1. The smallest absolute Gasteiger partial charge is 0.224 e. The Hall–Kier alpha value is -2.25. The van der Waals surface area contributed by atoms with Gasteiger partial charge in [0, 0.05) is 24.2 Å². The fraction of sp³-hybridized carbons (Fsp3) is 0.438. The summed E-state index contributed by atoms with van der Waals surface area (Å²) in [6.45, 7) is 0.613. The van der Waals surface area contributed by atoms with E-state index in [9.17, 15) is 10.2 Å². The van der Waals surface area contributed by atoms with Crippen molar-refractivity contribution in [2.75, 3.05) is 29.1 Å². The molecule has 4 unspecified atom stereocenters. The monoisotopic (exact) mass is 438 g/mol. The van der Waals surface area contributed by atoms with E-state index in [1.165, 1.54) is 12.7 Å². The lowest BCUT2D eigenvalue weighted by Gasteiger charge is -2.16. The summed E-state index contributed by atoms with van der Waals surface area (Å²) < 4.78 is 7.46. The molecule has 29 heavy (non-hydrogen) atoms. The van der Waals surface area contributed by atoms with E-state index >= 15 is 0 Å². The highest BCUT2D eigenvalue weighted by molar-refractivity contribution is 7.99. The van der Waals surface area contributed by atoms with Crippen LogP contribution in [0.1, 0.15) is 6.23 Å². The van der Waals surface area contributed by atoms with Crippen molar-refractivity contribution in [1.82, 2.24) is 29.5 Å². The number of nitrogen functional groups attached to an aromatic ring is 1. The van der Waals surface area contributed by atoms with Gasteiger partial charge in [0.25, 0.3) is 0 Å². The van der Waals surface area contributed by atoms with E-state index in [1.807, 2.05) is 0 Å². The molecule has 0 radical (unpaired) electrons. The highest BCUT2D eigenvalue weighted by Gasteiger charge is 2.44. The van der Waals surface area contributed by atoms with E-state index in [-0.39, 0.29) is 5.82 Å². The molecule has 1 saturated heterocycles. The second kappa shape index (κ2) is 8.63. The predicted molar refractivity (Wildman–Crippen MR) is 109 cm³/mol. The Morgan fingerprint density at radius 1 is 1.24 bits per heavy atom. The van der Waals surface area contributed by atoms with Crippen LogP contribution in [0.5, 0.6) is 0 Å². The number of thioether (sulfide) groups is 1. The minimum atomic E-state index is -1.12. The van der Waals surface area contributed by atoms with Gasteiger partial charge in [-0.2, -0.15) is 11.8 Å². The van der Waals surface area contributed by atoms with Gasteiger partial charge in [-0.05, 0) is 6.07 Å². The highest BCUT2D eigenvalue weighted by atomic mass is 35.5. The van der Waals surface area contributed by atoms with Crippen LogP contribution in [0.25, 0.3) is 11.2 Å². The molecule has 1 fully saturated rings. The van der Waals surface area contributed by atoms with E-state index in [0.29, 0.717) is 34.6 Å². The number of imidazole rings is 1. The van der Waals surface area contributed by atoms with Crippen LogP contribution < -0.4 is 11.1 Å². The lowest BCUT2D eigenvalue weighted by molar-refractivity contribution is -0.0288. The lowest BCUT2D eigenvalue weighted by atomic mass is 10.1. The number of nitrogens with one attached hydrogen (secondary N) is 1. The number of aromatic nitrogens is 6. The molecule has 0 spiro atoms.